The van der Waals surface area contributed by atoms with Gasteiger partial charge >= 0.3 is 0 Å². The zero-order chi connectivity index (χ0) is 23.9. The van der Waals surface area contributed by atoms with Gasteiger partial charge in [-0.25, -0.2) is 8.42 Å². The molecule has 0 aliphatic carbocycles. The molecule has 2 amide bonds. The highest BCUT2D eigenvalue weighted by atomic mass is 35.5. The van der Waals surface area contributed by atoms with E-state index in [1.807, 2.05) is 25.1 Å². The summed E-state index contributed by atoms with van der Waals surface area (Å²) in [7, 11) is -3.51. The number of likely N-dealkylation sites (tertiary alicyclic amines) is 2. The molecule has 3 atom stereocenters. The molecule has 7 nitrogen and oxygen atoms in total. The van der Waals surface area contributed by atoms with Crippen LogP contribution in [0.25, 0.3) is 0 Å². The number of carbonyl (C=O) groups is 2. The van der Waals surface area contributed by atoms with Crippen molar-refractivity contribution in [2.24, 2.45) is 17.6 Å². The molecule has 176 valence electrons. The number of primary amides is 1. The van der Waals surface area contributed by atoms with E-state index in [0.717, 1.165) is 30.5 Å². The number of hydrogen-bond acceptors (Lipinski definition) is 5. The maximum absolute atomic E-state index is 13.2. The average Bonchev–Trinajstić information content (AvgIpc) is 3.32. The molecule has 3 unspecified atom stereocenters. The van der Waals surface area contributed by atoms with Crippen molar-refractivity contribution in [2.45, 2.75) is 24.3 Å². The molecule has 0 saturated carbocycles. The Morgan fingerprint density at radius 1 is 1.09 bits per heavy atom. The second-order valence-corrected chi connectivity index (χ2v) is 11.5. The van der Waals surface area contributed by atoms with Gasteiger partial charge in [0.25, 0.3) is 5.91 Å². The first-order valence-electron chi connectivity index (χ1n) is 10.9. The third kappa shape index (κ3) is 4.93. The minimum atomic E-state index is -3.51. The van der Waals surface area contributed by atoms with Crippen molar-refractivity contribution in [3.05, 3.63) is 64.2 Å². The van der Waals surface area contributed by atoms with Crippen LogP contribution in [0.5, 0.6) is 0 Å². The van der Waals surface area contributed by atoms with Crippen molar-refractivity contribution in [3.63, 3.8) is 0 Å². The van der Waals surface area contributed by atoms with E-state index in [2.05, 4.69) is 4.90 Å². The highest BCUT2D eigenvalue weighted by molar-refractivity contribution is 7.90. The lowest BCUT2D eigenvalue weighted by atomic mass is 10.0. The number of hydrogen-bond donors (Lipinski definition) is 1. The third-order valence-corrected chi connectivity index (χ3v) is 8.30. The van der Waals surface area contributed by atoms with Gasteiger partial charge in [-0.1, -0.05) is 35.9 Å². The number of benzene rings is 2. The molecule has 0 aromatic heterocycles. The Balaban J connectivity index is 1.50. The molecule has 2 N–H and O–H groups in total. The highest BCUT2D eigenvalue weighted by Gasteiger charge is 2.44. The number of rotatable bonds is 6. The number of carbonyl (C=O) groups excluding carboxylic acids is 2. The van der Waals surface area contributed by atoms with E-state index in [1.54, 1.807) is 23.1 Å². The van der Waals surface area contributed by atoms with Crippen LogP contribution in [0.2, 0.25) is 5.02 Å². The highest BCUT2D eigenvalue weighted by Crippen LogP contribution is 2.38. The average molecular weight is 490 g/mol. The van der Waals surface area contributed by atoms with Gasteiger partial charge in [-0.05, 0) is 48.1 Å². The molecule has 0 spiro atoms. The largest absolute Gasteiger partial charge is 0.370 e. The minimum Gasteiger partial charge on any atom is -0.370 e. The van der Waals surface area contributed by atoms with E-state index in [1.165, 1.54) is 6.07 Å². The van der Waals surface area contributed by atoms with Crippen molar-refractivity contribution < 1.29 is 18.0 Å². The van der Waals surface area contributed by atoms with Crippen molar-refractivity contribution in [2.75, 3.05) is 32.4 Å². The van der Waals surface area contributed by atoms with Gasteiger partial charge in [-0.3, -0.25) is 14.5 Å². The molecule has 0 bridgehead atoms. The molecule has 33 heavy (non-hydrogen) atoms. The molecule has 9 heteroatoms. The van der Waals surface area contributed by atoms with Crippen molar-refractivity contribution in [1.82, 2.24) is 9.80 Å². The van der Waals surface area contributed by atoms with Crippen LogP contribution in [0.15, 0.2) is 47.4 Å². The summed E-state index contributed by atoms with van der Waals surface area (Å²) in [5.74, 6) is -0.134. The molecule has 2 saturated heterocycles. The summed E-state index contributed by atoms with van der Waals surface area (Å²) < 4.78 is 24.3. The van der Waals surface area contributed by atoms with Gasteiger partial charge in [0.2, 0.25) is 5.91 Å². The van der Waals surface area contributed by atoms with E-state index < -0.39 is 9.84 Å². The minimum absolute atomic E-state index is 0.0615. The summed E-state index contributed by atoms with van der Waals surface area (Å²) in [5.41, 5.74) is 7.71. The molecule has 2 fully saturated rings. The quantitative estimate of drug-likeness (QED) is 0.672. The fourth-order valence-corrected chi connectivity index (χ4v) is 6.12. The van der Waals surface area contributed by atoms with Crippen LogP contribution in [0.4, 0.5) is 0 Å². The second kappa shape index (κ2) is 9.08. The molecule has 2 aromatic carbocycles. The molecule has 0 radical (unpaired) electrons. The van der Waals surface area contributed by atoms with Gasteiger partial charge in [0, 0.05) is 49.9 Å². The van der Waals surface area contributed by atoms with Gasteiger partial charge < -0.3 is 10.6 Å². The van der Waals surface area contributed by atoms with Crippen LogP contribution in [0, 0.1) is 18.8 Å². The number of amides is 2. The van der Waals surface area contributed by atoms with Crippen molar-refractivity contribution in [1.29, 1.82) is 0 Å². The first-order chi connectivity index (χ1) is 15.5. The van der Waals surface area contributed by atoms with Gasteiger partial charge in [0.15, 0.2) is 9.84 Å². The summed E-state index contributed by atoms with van der Waals surface area (Å²) in [5, 5.41) is 0.655. The Kier molecular flexibility index (Phi) is 6.53. The number of fused-ring (bicyclic) bond motifs is 1. The maximum atomic E-state index is 13.2. The summed E-state index contributed by atoms with van der Waals surface area (Å²) >= 11 is 6.33. The zero-order valence-electron chi connectivity index (χ0n) is 18.7. The molecular formula is C24H28ClN3O4S. The van der Waals surface area contributed by atoms with E-state index in [4.69, 9.17) is 17.3 Å². The van der Waals surface area contributed by atoms with Crippen LogP contribution in [0.1, 0.15) is 33.9 Å². The third-order valence-electron chi connectivity index (χ3n) is 6.73. The van der Waals surface area contributed by atoms with Crippen LogP contribution in [-0.4, -0.2) is 62.5 Å². The molecule has 2 aliphatic heterocycles. The number of nitrogens with two attached hydrogens (primary N) is 1. The van der Waals surface area contributed by atoms with Crippen molar-refractivity contribution >= 4 is 33.3 Å². The lowest BCUT2D eigenvalue weighted by Crippen LogP contribution is -2.36. The van der Waals surface area contributed by atoms with Crippen LogP contribution >= 0.6 is 11.6 Å². The monoisotopic (exact) mass is 489 g/mol. The van der Waals surface area contributed by atoms with E-state index in [0.29, 0.717) is 18.1 Å². The summed E-state index contributed by atoms with van der Waals surface area (Å²) in [4.78, 5) is 29.1. The molecule has 2 aliphatic rings. The Labute approximate surface area is 199 Å². The molecular weight excluding hydrogens is 462 g/mol. The number of sulfone groups is 1. The van der Waals surface area contributed by atoms with Gasteiger partial charge in [0.1, 0.15) is 0 Å². The zero-order valence-corrected chi connectivity index (χ0v) is 20.3. The number of aryl methyl sites for hydroxylation is 1. The summed E-state index contributed by atoms with van der Waals surface area (Å²) in [6.45, 7) is 4.49. The second-order valence-electron chi connectivity index (χ2n) is 9.15. The van der Waals surface area contributed by atoms with E-state index in [9.17, 15) is 18.0 Å². The van der Waals surface area contributed by atoms with Crippen LogP contribution in [-0.2, 0) is 14.6 Å². The molecule has 2 aromatic rings. The molecule has 4 rings (SSSR count). The van der Waals surface area contributed by atoms with Gasteiger partial charge in [-0.15, -0.1) is 0 Å². The fraction of sp³-hybridized carbons (Fsp3) is 0.417. The Morgan fingerprint density at radius 2 is 1.73 bits per heavy atom. The van der Waals surface area contributed by atoms with Crippen LogP contribution in [0.3, 0.4) is 0 Å². The predicted molar refractivity (Wildman–Crippen MR) is 127 cm³/mol. The standard InChI is InChI=1S/C24H28ClN3O4S/c1-15-7-8-16(9-20(15)25)21(10-23(26)29)27-11-17-13-28(14-18(17)12-27)24(30)19-5-3-4-6-22(19)33(2,31)32/h3-9,17-18,21H,10-14H2,1-2H3,(H2,26,29). The number of nitrogens with zero attached hydrogens (tertiary/aromatic N) is 2. The fourth-order valence-electron chi connectivity index (χ4n) is 5.05. The summed E-state index contributed by atoms with van der Waals surface area (Å²) in [6, 6.07) is 12.0. The van der Waals surface area contributed by atoms with E-state index in [-0.39, 0.29) is 46.6 Å². The number of halogens is 1. The lowest BCUT2D eigenvalue weighted by molar-refractivity contribution is -0.119. The summed E-state index contributed by atoms with van der Waals surface area (Å²) in [6.07, 6.45) is 1.31. The predicted octanol–water partition coefficient (Wildman–Crippen LogP) is 2.67. The normalized spacial score (nSPS) is 21.7. The SMILES string of the molecule is Cc1ccc(C(CC(N)=O)N2CC3CN(C(=O)c4ccccc4S(C)(=O)=O)CC3C2)cc1Cl. The first kappa shape index (κ1) is 23.7. The van der Waals surface area contributed by atoms with Crippen LogP contribution < -0.4 is 5.73 Å². The Bertz CT molecular complexity index is 1190. The smallest absolute Gasteiger partial charge is 0.255 e. The maximum Gasteiger partial charge on any atom is 0.255 e. The lowest BCUT2D eigenvalue weighted by Gasteiger charge is -2.29. The van der Waals surface area contributed by atoms with Gasteiger partial charge in [0.05, 0.1) is 10.5 Å². The topological polar surface area (TPSA) is 101 Å². The Hall–Kier alpha value is -2.42. The van der Waals surface area contributed by atoms with E-state index >= 15 is 0 Å². The Morgan fingerprint density at radius 3 is 2.30 bits per heavy atom. The van der Waals surface area contributed by atoms with Crippen molar-refractivity contribution in [3.8, 4) is 0 Å². The van der Waals surface area contributed by atoms with Gasteiger partial charge in [-0.2, -0.15) is 0 Å². The molecule has 2 heterocycles. The first-order valence-corrected chi connectivity index (χ1v) is 13.2.